The molecule has 0 unspecified atom stereocenters. The standard InChI is InChI=1S/C20H22F3N3.2ClH/c1-2-26-17-6-4-3-5-15(17)16-13-14(7-8-18(16)26)19(20(21,22)23)25-11-9-24-10-12-25;;/h3-8,13,19,24H,2,9-12H2,1H3;2*1H/t19-;;/m1../s1. The van der Waals surface area contributed by atoms with E-state index in [4.69, 9.17) is 0 Å². The summed E-state index contributed by atoms with van der Waals surface area (Å²) >= 11 is 0. The van der Waals surface area contributed by atoms with Crippen LogP contribution in [0.3, 0.4) is 0 Å². The number of hydrogen-bond donors (Lipinski definition) is 1. The lowest BCUT2D eigenvalue weighted by molar-refractivity contribution is -0.187. The van der Waals surface area contributed by atoms with Crippen molar-refractivity contribution in [3.8, 4) is 0 Å². The molecule has 1 N–H and O–H groups in total. The molecule has 1 aromatic heterocycles. The second-order valence-corrected chi connectivity index (χ2v) is 6.77. The Kier molecular flexibility index (Phi) is 7.26. The molecule has 3 nitrogen and oxygen atoms in total. The molecule has 0 radical (unpaired) electrons. The van der Waals surface area contributed by atoms with Crippen molar-refractivity contribution in [3.05, 3.63) is 48.0 Å². The maximum atomic E-state index is 13.9. The van der Waals surface area contributed by atoms with Crippen molar-refractivity contribution >= 4 is 46.6 Å². The summed E-state index contributed by atoms with van der Waals surface area (Å²) in [5.41, 5.74) is 2.37. The number of aryl methyl sites for hydroxylation is 1. The van der Waals surface area contributed by atoms with Crippen molar-refractivity contribution in [2.24, 2.45) is 0 Å². The van der Waals surface area contributed by atoms with Gasteiger partial charge in [-0.05, 0) is 30.7 Å². The molecule has 8 heteroatoms. The third-order valence-corrected chi connectivity index (χ3v) is 5.26. The molecule has 28 heavy (non-hydrogen) atoms. The number of hydrogen-bond acceptors (Lipinski definition) is 2. The molecule has 1 fully saturated rings. The summed E-state index contributed by atoms with van der Waals surface area (Å²) in [5, 5.41) is 5.02. The van der Waals surface area contributed by atoms with Crippen molar-refractivity contribution in [2.45, 2.75) is 25.7 Å². The molecule has 0 bridgehead atoms. The number of halogens is 5. The SMILES string of the molecule is CCn1c2ccccc2c2cc([C@@H](N3CCNCC3)C(F)(F)F)ccc21.Cl.Cl. The molecule has 1 atom stereocenters. The summed E-state index contributed by atoms with van der Waals surface area (Å²) in [7, 11) is 0. The molecule has 1 aliphatic heterocycles. The van der Waals surface area contributed by atoms with Crippen LogP contribution in [-0.2, 0) is 6.54 Å². The summed E-state index contributed by atoms with van der Waals surface area (Å²) in [6.45, 7) is 4.81. The lowest BCUT2D eigenvalue weighted by Crippen LogP contribution is -2.49. The van der Waals surface area contributed by atoms with Crippen molar-refractivity contribution in [3.63, 3.8) is 0 Å². The Labute approximate surface area is 174 Å². The lowest BCUT2D eigenvalue weighted by Gasteiger charge is -2.36. The Morgan fingerprint density at radius 2 is 1.61 bits per heavy atom. The first-order valence-electron chi connectivity index (χ1n) is 9.03. The fourth-order valence-electron chi connectivity index (χ4n) is 4.13. The van der Waals surface area contributed by atoms with Gasteiger partial charge in [-0.2, -0.15) is 13.2 Å². The quantitative estimate of drug-likeness (QED) is 0.614. The van der Waals surface area contributed by atoms with E-state index in [0.717, 1.165) is 28.4 Å². The first-order valence-corrected chi connectivity index (χ1v) is 9.03. The van der Waals surface area contributed by atoms with Gasteiger partial charge in [-0.1, -0.05) is 24.3 Å². The summed E-state index contributed by atoms with van der Waals surface area (Å²) in [4.78, 5) is 1.54. The van der Waals surface area contributed by atoms with Crippen LogP contribution in [0, 0.1) is 0 Å². The van der Waals surface area contributed by atoms with E-state index in [0.29, 0.717) is 31.7 Å². The van der Waals surface area contributed by atoms with Gasteiger partial charge < -0.3 is 9.88 Å². The van der Waals surface area contributed by atoms with Crippen molar-refractivity contribution in [2.75, 3.05) is 26.2 Å². The third kappa shape index (κ3) is 3.96. The molecule has 1 saturated heterocycles. The first-order chi connectivity index (χ1) is 12.5. The van der Waals surface area contributed by atoms with Crippen LogP contribution in [0.1, 0.15) is 18.5 Å². The van der Waals surface area contributed by atoms with Gasteiger partial charge >= 0.3 is 6.18 Å². The number of aromatic nitrogens is 1. The molecule has 154 valence electrons. The van der Waals surface area contributed by atoms with Gasteiger partial charge in [0.25, 0.3) is 0 Å². The Morgan fingerprint density at radius 3 is 2.25 bits per heavy atom. The first kappa shape index (κ1) is 22.8. The van der Waals surface area contributed by atoms with Gasteiger partial charge in [0.15, 0.2) is 0 Å². The molecule has 3 aromatic rings. The maximum Gasteiger partial charge on any atom is 0.408 e. The Bertz CT molecular complexity index is 933. The van der Waals surface area contributed by atoms with E-state index in [2.05, 4.69) is 16.8 Å². The minimum Gasteiger partial charge on any atom is -0.341 e. The number of fused-ring (bicyclic) bond motifs is 3. The Balaban J connectivity index is 0.00000140. The van der Waals surface area contributed by atoms with E-state index in [1.165, 1.54) is 4.90 Å². The number of nitrogens with one attached hydrogen (secondary N) is 1. The number of nitrogens with zero attached hydrogens (tertiary/aromatic N) is 2. The summed E-state index contributed by atoms with van der Waals surface area (Å²) in [6.07, 6.45) is -4.30. The van der Waals surface area contributed by atoms with Crippen LogP contribution in [-0.4, -0.2) is 41.8 Å². The maximum absolute atomic E-state index is 13.9. The van der Waals surface area contributed by atoms with Crippen LogP contribution >= 0.6 is 24.8 Å². The zero-order valence-corrected chi connectivity index (χ0v) is 17.1. The second kappa shape index (κ2) is 8.91. The highest BCUT2D eigenvalue weighted by Crippen LogP contribution is 2.40. The molecule has 0 aliphatic carbocycles. The van der Waals surface area contributed by atoms with E-state index >= 15 is 0 Å². The minimum absolute atomic E-state index is 0. The van der Waals surface area contributed by atoms with Gasteiger partial charge in [0.05, 0.1) is 0 Å². The van der Waals surface area contributed by atoms with Crippen LogP contribution in [0.2, 0.25) is 0 Å². The highest BCUT2D eigenvalue weighted by atomic mass is 35.5. The monoisotopic (exact) mass is 433 g/mol. The summed E-state index contributed by atoms with van der Waals surface area (Å²) in [5.74, 6) is 0. The predicted molar refractivity (Wildman–Crippen MR) is 113 cm³/mol. The van der Waals surface area contributed by atoms with E-state index in [-0.39, 0.29) is 24.8 Å². The fourth-order valence-corrected chi connectivity index (χ4v) is 4.13. The largest absolute Gasteiger partial charge is 0.408 e. The normalized spacial score (nSPS) is 16.6. The summed E-state index contributed by atoms with van der Waals surface area (Å²) < 4.78 is 43.9. The average Bonchev–Trinajstić information content (AvgIpc) is 2.95. The molecule has 0 saturated carbocycles. The molecular weight excluding hydrogens is 410 g/mol. The number of benzene rings is 2. The molecule has 1 aliphatic rings. The van der Waals surface area contributed by atoms with Gasteiger partial charge in [-0.3, -0.25) is 4.90 Å². The van der Waals surface area contributed by atoms with E-state index in [1.807, 2.05) is 30.3 Å². The lowest BCUT2D eigenvalue weighted by atomic mass is 10.0. The van der Waals surface area contributed by atoms with Gasteiger partial charge in [0.2, 0.25) is 0 Å². The third-order valence-electron chi connectivity index (χ3n) is 5.26. The zero-order valence-electron chi connectivity index (χ0n) is 15.5. The molecule has 0 spiro atoms. The Hall–Kier alpha value is -1.47. The van der Waals surface area contributed by atoms with Crippen LogP contribution in [0.15, 0.2) is 42.5 Å². The van der Waals surface area contributed by atoms with Crippen LogP contribution in [0.5, 0.6) is 0 Å². The average molecular weight is 434 g/mol. The molecule has 0 amide bonds. The highest BCUT2D eigenvalue weighted by molar-refractivity contribution is 6.08. The molecule has 4 rings (SSSR count). The predicted octanol–water partition coefficient (Wildman–Crippen LogP) is 5.17. The van der Waals surface area contributed by atoms with E-state index in [1.54, 1.807) is 12.1 Å². The van der Waals surface area contributed by atoms with E-state index < -0.39 is 12.2 Å². The number of para-hydroxylation sites is 1. The van der Waals surface area contributed by atoms with Gasteiger partial charge in [0, 0.05) is 54.5 Å². The van der Waals surface area contributed by atoms with Crippen LogP contribution < -0.4 is 5.32 Å². The van der Waals surface area contributed by atoms with Gasteiger partial charge in [-0.15, -0.1) is 24.8 Å². The summed E-state index contributed by atoms with van der Waals surface area (Å²) in [6, 6.07) is 11.6. The van der Waals surface area contributed by atoms with Crippen molar-refractivity contribution in [1.82, 2.24) is 14.8 Å². The van der Waals surface area contributed by atoms with Crippen molar-refractivity contribution in [1.29, 1.82) is 0 Å². The second-order valence-electron chi connectivity index (χ2n) is 6.77. The Morgan fingerprint density at radius 1 is 0.964 bits per heavy atom. The van der Waals surface area contributed by atoms with Crippen molar-refractivity contribution < 1.29 is 13.2 Å². The number of piperazine rings is 1. The smallest absolute Gasteiger partial charge is 0.341 e. The molecule has 2 heterocycles. The molecular formula is C20H24Cl2F3N3. The highest BCUT2D eigenvalue weighted by Gasteiger charge is 2.45. The number of alkyl halides is 3. The minimum atomic E-state index is -4.30. The van der Waals surface area contributed by atoms with Gasteiger partial charge in [0.1, 0.15) is 6.04 Å². The fraction of sp³-hybridized carbons (Fsp3) is 0.400. The molecule has 2 aromatic carbocycles. The topological polar surface area (TPSA) is 20.2 Å². The zero-order chi connectivity index (χ0) is 18.3. The number of rotatable bonds is 3. The van der Waals surface area contributed by atoms with Crippen LogP contribution in [0.25, 0.3) is 21.8 Å². The van der Waals surface area contributed by atoms with E-state index in [9.17, 15) is 13.2 Å². The van der Waals surface area contributed by atoms with Crippen LogP contribution in [0.4, 0.5) is 13.2 Å². The van der Waals surface area contributed by atoms with Gasteiger partial charge in [-0.25, -0.2) is 0 Å².